The van der Waals surface area contributed by atoms with Crippen molar-refractivity contribution in [3.63, 3.8) is 0 Å². The fourth-order valence-corrected chi connectivity index (χ4v) is 6.10. The summed E-state index contributed by atoms with van der Waals surface area (Å²) in [6, 6.07) is 12.8. The largest absolute Gasteiger partial charge is 0.338 e. The molecule has 0 saturated carbocycles. The number of hydrogen-bond donors (Lipinski definition) is 0. The molecule has 5 aromatic rings. The molecule has 40 heavy (non-hydrogen) atoms. The lowest BCUT2D eigenvalue weighted by Gasteiger charge is -2.13. The highest BCUT2D eigenvalue weighted by molar-refractivity contribution is 7.22. The van der Waals surface area contributed by atoms with Gasteiger partial charge in [0.15, 0.2) is 0 Å². The summed E-state index contributed by atoms with van der Waals surface area (Å²) >= 11 is 7.45. The number of alkyl halides is 1. The molecule has 0 saturated heterocycles. The topological polar surface area (TPSA) is 74.0 Å². The number of thiophene rings is 1. The van der Waals surface area contributed by atoms with Crippen LogP contribution in [0, 0.1) is 17.5 Å². The highest BCUT2D eigenvalue weighted by atomic mass is 35.5. The number of carbonyl (C=O) groups excluding carboxylic acids is 1. The summed E-state index contributed by atoms with van der Waals surface area (Å²) in [7, 11) is 0. The average Bonchev–Trinajstić information content (AvgIpc) is 3.33. The number of fused-ring (bicyclic) bond motifs is 1. The number of nitrogens with zero attached hydrogens (tertiary/aromatic N) is 3. The maximum absolute atomic E-state index is 14.7. The maximum Gasteiger partial charge on any atom is 0.338 e. The lowest BCUT2D eigenvalue weighted by Crippen LogP contribution is -2.39. The van der Waals surface area contributed by atoms with Crippen LogP contribution in [0.1, 0.15) is 30.0 Å². The summed E-state index contributed by atoms with van der Waals surface area (Å²) in [5.41, 5.74) is -0.0836. The van der Waals surface area contributed by atoms with Crippen molar-refractivity contribution < 1.29 is 18.0 Å². The summed E-state index contributed by atoms with van der Waals surface area (Å²) in [5.74, 6) is -2.55. The van der Waals surface area contributed by atoms with Crippen molar-refractivity contribution >= 4 is 38.9 Å². The summed E-state index contributed by atoms with van der Waals surface area (Å²) < 4.78 is 44.8. The highest BCUT2D eigenvalue weighted by Crippen LogP contribution is 2.38. The van der Waals surface area contributed by atoms with E-state index in [1.54, 1.807) is 31.2 Å². The molecule has 0 aliphatic heterocycles. The molecule has 0 bridgehead atoms. The third-order valence-electron chi connectivity index (χ3n) is 6.54. The zero-order valence-corrected chi connectivity index (χ0v) is 22.7. The molecule has 0 aliphatic rings. The molecule has 3 aromatic heterocycles. The van der Waals surface area contributed by atoms with Gasteiger partial charge in [-0.3, -0.25) is 14.2 Å². The molecule has 5 rings (SSSR count). The van der Waals surface area contributed by atoms with Gasteiger partial charge < -0.3 is 0 Å². The van der Waals surface area contributed by atoms with Crippen molar-refractivity contribution in [1.29, 1.82) is 0 Å². The van der Waals surface area contributed by atoms with Crippen molar-refractivity contribution in [2.45, 2.75) is 32.2 Å². The van der Waals surface area contributed by atoms with Crippen LogP contribution in [0.15, 0.2) is 70.4 Å². The van der Waals surface area contributed by atoms with E-state index in [1.807, 2.05) is 0 Å². The molecule has 0 fully saturated rings. The normalized spacial score (nSPS) is 11.3. The Morgan fingerprint density at radius 1 is 0.975 bits per heavy atom. The van der Waals surface area contributed by atoms with E-state index < -0.39 is 35.2 Å². The van der Waals surface area contributed by atoms with E-state index in [0.717, 1.165) is 50.4 Å². The van der Waals surface area contributed by atoms with Gasteiger partial charge in [0.1, 0.15) is 33.9 Å². The number of carbonyl (C=O) groups is 1. The Hall–Kier alpha value is -4.02. The van der Waals surface area contributed by atoms with E-state index in [0.29, 0.717) is 22.4 Å². The number of Topliss-reactive ketones (excluding diaryl/α,β-unsaturated/α-hetero) is 1. The number of ketones is 1. The van der Waals surface area contributed by atoms with Gasteiger partial charge in [0, 0.05) is 34.7 Å². The van der Waals surface area contributed by atoms with Gasteiger partial charge in [0.05, 0.1) is 18.1 Å². The molecule has 2 aromatic carbocycles. The van der Waals surface area contributed by atoms with Gasteiger partial charge in [-0.05, 0) is 35.4 Å². The second-order valence-electron chi connectivity index (χ2n) is 9.03. The van der Waals surface area contributed by atoms with Crippen molar-refractivity contribution in [1.82, 2.24) is 14.1 Å². The molecule has 6 nitrogen and oxygen atoms in total. The Bertz CT molecular complexity index is 1840. The molecule has 0 N–H and O–H groups in total. The maximum atomic E-state index is 14.7. The SMILES string of the molecule is CCC(=O)Cc1ccc(-c2sc3c(c2CCl)c(=O)n(-c2ccc(F)cn2)c(=O)n3Cc2c(F)cccc2F)cc1. The van der Waals surface area contributed by atoms with Crippen molar-refractivity contribution in [2.24, 2.45) is 0 Å². The molecule has 11 heteroatoms. The molecule has 0 spiro atoms. The number of hydrogen-bond acceptors (Lipinski definition) is 5. The van der Waals surface area contributed by atoms with E-state index in [4.69, 9.17) is 11.6 Å². The van der Waals surface area contributed by atoms with Crippen LogP contribution in [0.3, 0.4) is 0 Å². The van der Waals surface area contributed by atoms with E-state index in [2.05, 4.69) is 4.98 Å². The Morgan fingerprint density at radius 3 is 2.27 bits per heavy atom. The van der Waals surface area contributed by atoms with E-state index in [-0.39, 0.29) is 39.7 Å². The average molecular weight is 584 g/mol. The van der Waals surface area contributed by atoms with Crippen LogP contribution in [0.25, 0.3) is 26.5 Å². The fraction of sp³-hybridized carbons (Fsp3) is 0.172. The van der Waals surface area contributed by atoms with Crippen LogP contribution in [0.2, 0.25) is 0 Å². The second kappa shape index (κ2) is 11.2. The minimum Gasteiger partial charge on any atom is -0.299 e. The molecule has 0 radical (unpaired) electrons. The third-order valence-corrected chi connectivity index (χ3v) is 8.11. The number of benzene rings is 2. The number of pyridine rings is 1. The van der Waals surface area contributed by atoms with Gasteiger partial charge in [-0.25, -0.2) is 27.5 Å². The molecule has 0 unspecified atom stereocenters. The lowest BCUT2D eigenvalue weighted by molar-refractivity contribution is -0.118. The number of rotatable bonds is 8. The van der Waals surface area contributed by atoms with Crippen LogP contribution < -0.4 is 11.2 Å². The Kier molecular flexibility index (Phi) is 7.73. The summed E-state index contributed by atoms with van der Waals surface area (Å²) in [5, 5.41) is 0.0858. The first-order chi connectivity index (χ1) is 19.2. The smallest absolute Gasteiger partial charge is 0.299 e. The minimum atomic E-state index is -0.901. The van der Waals surface area contributed by atoms with Crippen LogP contribution >= 0.6 is 22.9 Å². The summed E-state index contributed by atoms with van der Waals surface area (Å²) in [6.07, 6.45) is 1.57. The van der Waals surface area contributed by atoms with Crippen LogP contribution in [0.4, 0.5) is 13.2 Å². The van der Waals surface area contributed by atoms with Crippen molar-refractivity contribution in [3.8, 4) is 16.3 Å². The first kappa shape index (κ1) is 27.5. The van der Waals surface area contributed by atoms with Crippen molar-refractivity contribution in [2.75, 3.05) is 0 Å². The predicted molar refractivity (Wildman–Crippen MR) is 149 cm³/mol. The van der Waals surface area contributed by atoms with E-state index in [1.165, 1.54) is 12.1 Å². The summed E-state index contributed by atoms with van der Waals surface area (Å²) in [4.78, 5) is 44.0. The molecular formula is C29H21ClF3N3O3S. The quantitative estimate of drug-likeness (QED) is 0.210. The van der Waals surface area contributed by atoms with Gasteiger partial charge in [0.25, 0.3) is 5.56 Å². The second-order valence-corrected chi connectivity index (χ2v) is 10.3. The van der Waals surface area contributed by atoms with E-state index >= 15 is 0 Å². The first-order valence-corrected chi connectivity index (χ1v) is 13.6. The highest BCUT2D eigenvalue weighted by Gasteiger charge is 2.25. The molecule has 0 amide bonds. The van der Waals surface area contributed by atoms with Crippen molar-refractivity contribution in [3.05, 3.63) is 116 Å². The monoisotopic (exact) mass is 583 g/mol. The third kappa shape index (κ3) is 5.00. The number of aromatic nitrogens is 3. The zero-order valence-electron chi connectivity index (χ0n) is 21.1. The van der Waals surface area contributed by atoms with Gasteiger partial charge in [-0.15, -0.1) is 22.9 Å². The van der Waals surface area contributed by atoms with Crippen LogP contribution in [-0.2, 0) is 23.6 Å². The molecule has 0 atom stereocenters. The zero-order chi connectivity index (χ0) is 28.6. The van der Waals surface area contributed by atoms with Crippen LogP contribution in [0.5, 0.6) is 0 Å². The van der Waals surface area contributed by atoms with Crippen LogP contribution in [-0.4, -0.2) is 19.9 Å². The molecular weight excluding hydrogens is 563 g/mol. The van der Waals surface area contributed by atoms with Gasteiger partial charge >= 0.3 is 5.69 Å². The number of halogens is 4. The molecule has 0 aliphatic carbocycles. The van der Waals surface area contributed by atoms with Gasteiger partial charge in [0.2, 0.25) is 0 Å². The van der Waals surface area contributed by atoms with Gasteiger partial charge in [-0.1, -0.05) is 37.3 Å². The first-order valence-electron chi connectivity index (χ1n) is 12.3. The molecule has 3 heterocycles. The molecule has 204 valence electrons. The van der Waals surface area contributed by atoms with E-state index in [9.17, 15) is 27.6 Å². The predicted octanol–water partition coefficient (Wildman–Crippen LogP) is 6.00. The standard InChI is InChI=1S/C29H21ClF3N3O3S/c1-2-19(37)12-16-6-8-17(9-7-16)26-20(13-30)25-27(38)36(24-11-10-18(31)14-34-24)29(39)35(28(25)40-26)15-21-22(32)4-3-5-23(21)33/h3-11,14H,2,12-13,15H2,1H3. The fourth-order valence-electron chi connectivity index (χ4n) is 4.44. The summed E-state index contributed by atoms with van der Waals surface area (Å²) in [6.45, 7) is 1.27. The Balaban J connectivity index is 1.79. The minimum absolute atomic E-state index is 0.0858. The lowest BCUT2D eigenvalue weighted by atomic mass is 10.0. The Labute approximate surface area is 234 Å². The Morgan fingerprint density at radius 2 is 1.68 bits per heavy atom. The van der Waals surface area contributed by atoms with Gasteiger partial charge in [-0.2, -0.15) is 0 Å².